The number of aromatic nitrogens is 2. The number of nitrogens with zero attached hydrogens (tertiary/aromatic N) is 4. The molecule has 116 valence electrons. The van der Waals surface area contributed by atoms with E-state index in [9.17, 15) is 13.2 Å². The van der Waals surface area contributed by atoms with Crippen molar-refractivity contribution in [2.75, 3.05) is 13.1 Å². The van der Waals surface area contributed by atoms with Crippen molar-refractivity contribution < 1.29 is 13.2 Å². The van der Waals surface area contributed by atoms with Gasteiger partial charge in [0.1, 0.15) is 12.4 Å². The van der Waals surface area contributed by atoms with Crippen LogP contribution in [0.1, 0.15) is 31.2 Å². The zero-order chi connectivity index (χ0) is 15.5. The van der Waals surface area contributed by atoms with Crippen LogP contribution in [0.5, 0.6) is 0 Å². The van der Waals surface area contributed by atoms with E-state index in [1.54, 1.807) is 0 Å². The monoisotopic (exact) mass is 301 g/mol. The summed E-state index contributed by atoms with van der Waals surface area (Å²) in [6.45, 7) is 3.93. The number of likely N-dealkylation sites (tertiary alicyclic amines) is 1. The van der Waals surface area contributed by atoms with Crippen molar-refractivity contribution in [3.8, 4) is 0 Å². The maximum Gasteiger partial charge on any atom is 0.419 e. The Hall–Kier alpha value is -1.86. The molecule has 0 bridgehead atoms. The zero-order valence-corrected chi connectivity index (χ0v) is 11.8. The second kappa shape index (κ2) is 6.28. The van der Waals surface area contributed by atoms with Gasteiger partial charge in [0.05, 0.1) is 5.56 Å². The Bertz CT molecular complexity index is 498. The molecule has 2 heterocycles. The first-order valence-corrected chi connectivity index (χ1v) is 6.79. The molecule has 1 fully saturated rings. The highest BCUT2D eigenvalue weighted by atomic mass is 19.4. The summed E-state index contributed by atoms with van der Waals surface area (Å²) in [6, 6.07) is 0. The van der Waals surface area contributed by atoms with Crippen LogP contribution < -0.4 is 5.73 Å². The third kappa shape index (κ3) is 4.30. The van der Waals surface area contributed by atoms with Gasteiger partial charge in [-0.05, 0) is 18.8 Å². The van der Waals surface area contributed by atoms with Crippen molar-refractivity contribution in [3.63, 3.8) is 0 Å². The van der Waals surface area contributed by atoms with E-state index in [2.05, 4.69) is 21.9 Å². The summed E-state index contributed by atoms with van der Waals surface area (Å²) in [5.41, 5.74) is 5.03. The van der Waals surface area contributed by atoms with Gasteiger partial charge in [-0.2, -0.15) is 13.2 Å². The standard InChI is InChI=1S/C13H18F3N5/c1-9-3-2-4-21(8-9)12(17)20-7-11-18-5-10(6-19-11)13(14,15)16/h5-6,9H,2-4,7-8H2,1H3,(H2,17,20). The molecular formula is C13H18F3N5. The Morgan fingerprint density at radius 1 is 1.43 bits per heavy atom. The third-order valence-corrected chi connectivity index (χ3v) is 3.40. The van der Waals surface area contributed by atoms with Crippen molar-refractivity contribution in [1.29, 1.82) is 0 Å². The quantitative estimate of drug-likeness (QED) is 0.670. The lowest BCUT2D eigenvalue weighted by Gasteiger charge is -2.31. The summed E-state index contributed by atoms with van der Waals surface area (Å²) < 4.78 is 37.1. The fourth-order valence-corrected chi connectivity index (χ4v) is 2.23. The number of aliphatic imine (C=N–C) groups is 1. The maximum absolute atomic E-state index is 12.4. The van der Waals surface area contributed by atoms with Crippen LogP contribution in [0.3, 0.4) is 0 Å². The van der Waals surface area contributed by atoms with Gasteiger partial charge in [-0.15, -0.1) is 0 Å². The van der Waals surface area contributed by atoms with Gasteiger partial charge >= 0.3 is 6.18 Å². The summed E-state index contributed by atoms with van der Waals surface area (Å²) in [4.78, 5) is 13.5. The molecule has 1 saturated heterocycles. The molecule has 1 aliphatic rings. The Labute approximate surface area is 121 Å². The smallest absolute Gasteiger partial charge is 0.370 e. The van der Waals surface area contributed by atoms with Crippen LogP contribution in [0, 0.1) is 5.92 Å². The van der Waals surface area contributed by atoms with Gasteiger partial charge in [0.25, 0.3) is 0 Å². The molecule has 1 aromatic rings. The first-order valence-electron chi connectivity index (χ1n) is 6.79. The van der Waals surface area contributed by atoms with Gasteiger partial charge in [0.2, 0.25) is 0 Å². The first kappa shape index (κ1) is 15.5. The van der Waals surface area contributed by atoms with Crippen molar-refractivity contribution >= 4 is 5.96 Å². The molecule has 0 spiro atoms. The van der Waals surface area contributed by atoms with E-state index in [0.29, 0.717) is 11.9 Å². The maximum atomic E-state index is 12.4. The fraction of sp³-hybridized carbons (Fsp3) is 0.615. The van der Waals surface area contributed by atoms with E-state index >= 15 is 0 Å². The zero-order valence-electron chi connectivity index (χ0n) is 11.8. The van der Waals surface area contributed by atoms with Crippen molar-refractivity contribution in [3.05, 3.63) is 23.8 Å². The van der Waals surface area contributed by atoms with Crippen molar-refractivity contribution in [1.82, 2.24) is 14.9 Å². The van der Waals surface area contributed by atoms with E-state index in [-0.39, 0.29) is 12.4 Å². The highest BCUT2D eigenvalue weighted by molar-refractivity contribution is 5.78. The Morgan fingerprint density at radius 3 is 2.67 bits per heavy atom. The fourth-order valence-electron chi connectivity index (χ4n) is 2.23. The van der Waals surface area contributed by atoms with Gasteiger partial charge < -0.3 is 10.6 Å². The minimum absolute atomic E-state index is 0.0782. The van der Waals surface area contributed by atoms with E-state index in [4.69, 9.17) is 5.73 Å². The summed E-state index contributed by atoms with van der Waals surface area (Å²) in [5.74, 6) is 1.18. The Morgan fingerprint density at radius 2 is 2.10 bits per heavy atom. The average Bonchev–Trinajstić information content (AvgIpc) is 2.44. The summed E-state index contributed by atoms with van der Waals surface area (Å²) in [5, 5.41) is 0. The predicted molar refractivity (Wildman–Crippen MR) is 72.3 cm³/mol. The normalized spacial score (nSPS) is 20.7. The molecule has 0 aromatic carbocycles. The van der Waals surface area contributed by atoms with Gasteiger partial charge in [-0.25, -0.2) is 15.0 Å². The van der Waals surface area contributed by atoms with Crippen LogP contribution in [0.25, 0.3) is 0 Å². The molecule has 1 atom stereocenters. The number of hydrogen-bond donors (Lipinski definition) is 1. The van der Waals surface area contributed by atoms with Gasteiger partial charge in [-0.1, -0.05) is 6.92 Å². The molecular weight excluding hydrogens is 283 g/mol. The number of hydrogen-bond acceptors (Lipinski definition) is 3. The minimum atomic E-state index is -4.43. The van der Waals surface area contributed by atoms with Crippen molar-refractivity contribution in [2.45, 2.75) is 32.5 Å². The van der Waals surface area contributed by atoms with Crippen LogP contribution >= 0.6 is 0 Å². The lowest BCUT2D eigenvalue weighted by atomic mass is 10.0. The topological polar surface area (TPSA) is 67.4 Å². The number of nitrogens with two attached hydrogens (primary N) is 1. The van der Waals surface area contributed by atoms with Crippen LogP contribution in [0.4, 0.5) is 13.2 Å². The summed E-state index contributed by atoms with van der Waals surface area (Å²) in [7, 11) is 0. The number of alkyl halides is 3. The van der Waals surface area contributed by atoms with Gasteiger partial charge in [0.15, 0.2) is 5.96 Å². The second-order valence-electron chi connectivity index (χ2n) is 5.25. The molecule has 2 N–H and O–H groups in total. The lowest BCUT2D eigenvalue weighted by Crippen LogP contribution is -2.43. The molecule has 5 nitrogen and oxygen atoms in total. The van der Waals surface area contributed by atoms with E-state index in [1.807, 2.05) is 4.90 Å². The Kier molecular flexibility index (Phi) is 4.64. The summed E-state index contributed by atoms with van der Waals surface area (Å²) >= 11 is 0. The number of halogens is 3. The second-order valence-corrected chi connectivity index (χ2v) is 5.25. The van der Waals surface area contributed by atoms with E-state index in [1.165, 1.54) is 6.42 Å². The predicted octanol–water partition coefficient (Wildman–Crippen LogP) is 2.04. The molecule has 21 heavy (non-hydrogen) atoms. The van der Waals surface area contributed by atoms with Crippen LogP contribution in [0.2, 0.25) is 0 Å². The number of rotatable bonds is 2. The van der Waals surface area contributed by atoms with Gasteiger partial charge in [-0.3, -0.25) is 0 Å². The number of guanidine groups is 1. The molecule has 1 unspecified atom stereocenters. The number of piperidine rings is 1. The summed E-state index contributed by atoms with van der Waals surface area (Å²) in [6.07, 6.45) is -0.668. The van der Waals surface area contributed by atoms with Gasteiger partial charge in [0, 0.05) is 25.5 Å². The molecule has 0 radical (unpaired) electrons. The van der Waals surface area contributed by atoms with Crippen LogP contribution in [-0.4, -0.2) is 33.9 Å². The van der Waals surface area contributed by atoms with Crippen molar-refractivity contribution in [2.24, 2.45) is 16.6 Å². The van der Waals surface area contributed by atoms with Crippen LogP contribution in [-0.2, 0) is 12.7 Å². The highest BCUT2D eigenvalue weighted by Crippen LogP contribution is 2.27. The highest BCUT2D eigenvalue weighted by Gasteiger charge is 2.31. The molecule has 0 saturated carbocycles. The minimum Gasteiger partial charge on any atom is -0.370 e. The first-order chi connectivity index (χ1) is 9.86. The molecule has 8 heteroatoms. The molecule has 2 rings (SSSR count). The Balaban J connectivity index is 1.96. The SMILES string of the molecule is CC1CCCN(C(N)=NCc2ncc(C(F)(F)F)cn2)C1. The largest absolute Gasteiger partial charge is 0.419 e. The van der Waals surface area contributed by atoms with E-state index in [0.717, 1.165) is 31.9 Å². The third-order valence-electron chi connectivity index (χ3n) is 3.40. The lowest BCUT2D eigenvalue weighted by molar-refractivity contribution is -0.138. The molecule has 0 aliphatic carbocycles. The molecule has 1 aromatic heterocycles. The van der Waals surface area contributed by atoms with E-state index < -0.39 is 11.7 Å². The molecule has 0 amide bonds. The van der Waals surface area contributed by atoms with Crippen LogP contribution in [0.15, 0.2) is 17.4 Å². The average molecular weight is 301 g/mol. The molecule has 1 aliphatic heterocycles.